The van der Waals surface area contributed by atoms with Gasteiger partial charge in [0.2, 0.25) is 0 Å². The van der Waals surface area contributed by atoms with Crippen LogP contribution in [0.1, 0.15) is 36.7 Å². The maximum absolute atomic E-state index is 13.3. The Balaban J connectivity index is 3.23. The molecule has 0 atom stereocenters. The fourth-order valence-electron chi connectivity index (χ4n) is 1.11. The maximum Gasteiger partial charge on any atom is 0.341 e. The molecule has 2 nitrogen and oxygen atoms in total. The van der Waals surface area contributed by atoms with Crippen LogP contribution in [-0.4, -0.2) is 11.1 Å². The molecule has 0 heterocycles. The van der Waals surface area contributed by atoms with E-state index in [2.05, 4.69) is 11.8 Å². The summed E-state index contributed by atoms with van der Waals surface area (Å²) in [6.45, 7) is 5.58. The van der Waals surface area contributed by atoms with Gasteiger partial charge in [0.1, 0.15) is 17.2 Å². The second kappa shape index (κ2) is 4.54. The number of hydrogen-bond acceptors (Lipinski definition) is 1. The van der Waals surface area contributed by atoms with Gasteiger partial charge >= 0.3 is 5.97 Å². The minimum absolute atomic E-state index is 0.125. The van der Waals surface area contributed by atoms with Gasteiger partial charge < -0.3 is 5.11 Å². The van der Waals surface area contributed by atoms with Crippen molar-refractivity contribution in [1.29, 1.82) is 0 Å². The van der Waals surface area contributed by atoms with E-state index in [-0.39, 0.29) is 11.0 Å². The fourth-order valence-corrected chi connectivity index (χ4v) is 1.11. The van der Waals surface area contributed by atoms with Gasteiger partial charge in [-0.15, -0.1) is 0 Å². The van der Waals surface area contributed by atoms with Crippen molar-refractivity contribution in [2.24, 2.45) is 5.41 Å². The van der Waals surface area contributed by atoms with E-state index in [1.54, 1.807) is 0 Å². The van der Waals surface area contributed by atoms with E-state index in [4.69, 9.17) is 5.11 Å². The summed E-state index contributed by atoms with van der Waals surface area (Å²) in [5.41, 5.74) is -1.12. The first-order valence-electron chi connectivity index (χ1n) is 4.96. The fraction of sp³-hybridized carbons (Fsp3) is 0.308. The molecule has 0 amide bonds. The van der Waals surface area contributed by atoms with E-state index in [9.17, 15) is 13.6 Å². The van der Waals surface area contributed by atoms with Crippen molar-refractivity contribution in [3.8, 4) is 11.8 Å². The minimum atomic E-state index is -1.63. The zero-order valence-corrected chi connectivity index (χ0v) is 9.77. The molecule has 1 rings (SSSR count). The molecule has 4 heteroatoms. The smallest absolute Gasteiger partial charge is 0.341 e. The summed E-state index contributed by atoms with van der Waals surface area (Å²) in [4.78, 5) is 10.6. The van der Waals surface area contributed by atoms with Gasteiger partial charge in [-0.2, -0.15) is 0 Å². The van der Waals surface area contributed by atoms with Crippen LogP contribution in [0.5, 0.6) is 0 Å². The SMILES string of the molecule is CC(C)(C)C#Cc1cc(F)c(C(=O)O)c(F)c1. The van der Waals surface area contributed by atoms with Crippen LogP contribution in [0, 0.1) is 28.9 Å². The van der Waals surface area contributed by atoms with Crippen LogP contribution in [-0.2, 0) is 0 Å². The summed E-state index contributed by atoms with van der Waals surface area (Å²) < 4.78 is 26.6. The van der Waals surface area contributed by atoms with E-state index in [0.29, 0.717) is 0 Å². The number of halogens is 2. The van der Waals surface area contributed by atoms with E-state index in [1.807, 2.05) is 20.8 Å². The number of carboxylic acids is 1. The normalized spacial score (nSPS) is 10.6. The van der Waals surface area contributed by atoms with Crippen molar-refractivity contribution < 1.29 is 18.7 Å². The van der Waals surface area contributed by atoms with Crippen LogP contribution < -0.4 is 0 Å². The molecule has 0 fully saturated rings. The zero-order valence-electron chi connectivity index (χ0n) is 9.77. The first-order chi connectivity index (χ1) is 7.70. The van der Waals surface area contributed by atoms with Crippen molar-refractivity contribution in [3.63, 3.8) is 0 Å². The van der Waals surface area contributed by atoms with Crippen molar-refractivity contribution in [3.05, 3.63) is 34.9 Å². The first-order valence-corrected chi connectivity index (χ1v) is 4.96. The summed E-state index contributed by atoms with van der Waals surface area (Å²) in [6.07, 6.45) is 0. The number of carbonyl (C=O) groups is 1. The summed E-state index contributed by atoms with van der Waals surface area (Å²) in [6, 6.07) is 1.84. The molecule has 0 saturated carbocycles. The van der Waals surface area contributed by atoms with Gasteiger partial charge in [-0.25, -0.2) is 13.6 Å². The lowest BCUT2D eigenvalue weighted by molar-refractivity contribution is 0.0686. The third-order valence-corrected chi connectivity index (χ3v) is 1.84. The molecule has 0 spiro atoms. The highest BCUT2D eigenvalue weighted by Gasteiger charge is 2.17. The van der Waals surface area contributed by atoms with Crippen LogP contribution in [0.4, 0.5) is 8.78 Å². The molecule has 0 unspecified atom stereocenters. The molecule has 0 aliphatic carbocycles. The molecule has 1 aromatic carbocycles. The Labute approximate surface area is 98.3 Å². The number of rotatable bonds is 1. The number of benzene rings is 1. The Kier molecular flexibility index (Phi) is 3.52. The summed E-state index contributed by atoms with van der Waals surface area (Å²) >= 11 is 0. The van der Waals surface area contributed by atoms with Gasteiger partial charge in [-0.3, -0.25) is 0 Å². The molecule has 0 aliphatic heterocycles. The van der Waals surface area contributed by atoms with Crippen LogP contribution in [0.25, 0.3) is 0 Å². The highest BCUT2D eigenvalue weighted by Crippen LogP contribution is 2.16. The van der Waals surface area contributed by atoms with Gasteiger partial charge in [0.15, 0.2) is 0 Å². The van der Waals surface area contributed by atoms with E-state index < -0.39 is 23.2 Å². The standard InChI is InChI=1S/C13H12F2O2/c1-13(2,3)5-4-8-6-9(14)11(12(16)17)10(15)7-8/h6-7H,1-3H3,(H,16,17). The predicted octanol–water partition coefficient (Wildman–Crippen LogP) is 3.06. The van der Waals surface area contributed by atoms with Crippen molar-refractivity contribution in [2.75, 3.05) is 0 Å². The van der Waals surface area contributed by atoms with Crippen LogP contribution in [0.15, 0.2) is 12.1 Å². The highest BCUT2D eigenvalue weighted by atomic mass is 19.1. The molecular formula is C13H12F2O2. The molecule has 17 heavy (non-hydrogen) atoms. The van der Waals surface area contributed by atoms with Gasteiger partial charge in [-0.05, 0) is 32.9 Å². The quantitative estimate of drug-likeness (QED) is 0.763. The second-order valence-electron chi connectivity index (χ2n) is 4.62. The second-order valence-corrected chi connectivity index (χ2v) is 4.62. The van der Waals surface area contributed by atoms with Gasteiger partial charge in [0.05, 0.1) is 0 Å². The lowest BCUT2D eigenvalue weighted by atomic mass is 9.97. The van der Waals surface area contributed by atoms with E-state index >= 15 is 0 Å². The first kappa shape index (κ1) is 13.2. The highest BCUT2D eigenvalue weighted by molar-refractivity contribution is 5.88. The number of carboxylic acid groups (broad SMARTS) is 1. The Bertz CT molecular complexity index is 493. The third kappa shape index (κ3) is 3.56. The zero-order chi connectivity index (χ0) is 13.2. The molecule has 1 N–H and O–H groups in total. The number of hydrogen-bond donors (Lipinski definition) is 1. The maximum atomic E-state index is 13.3. The lowest BCUT2D eigenvalue weighted by Gasteiger charge is -2.07. The van der Waals surface area contributed by atoms with Gasteiger partial charge in [-0.1, -0.05) is 11.8 Å². The molecular weight excluding hydrogens is 226 g/mol. The lowest BCUT2D eigenvalue weighted by Crippen LogP contribution is -2.05. The average Bonchev–Trinajstić information content (AvgIpc) is 2.11. The Hall–Kier alpha value is -1.89. The number of aromatic carboxylic acids is 1. The summed E-state index contributed by atoms with van der Waals surface area (Å²) in [5.74, 6) is 1.56. The largest absolute Gasteiger partial charge is 0.477 e. The van der Waals surface area contributed by atoms with Crippen LogP contribution in [0.3, 0.4) is 0 Å². The summed E-state index contributed by atoms with van der Waals surface area (Å²) in [5, 5.41) is 8.58. The van der Waals surface area contributed by atoms with Crippen molar-refractivity contribution in [1.82, 2.24) is 0 Å². The Morgan fingerprint density at radius 3 is 2.06 bits per heavy atom. The van der Waals surface area contributed by atoms with Crippen molar-refractivity contribution in [2.45, 2.75) is 20.8 Å². The topological polar surface area (TPSA) is 37.3 Å². The molecule has 1 aromatic rings. The monoisotopic (exact) mass is 238 g/mol. The third-order valence-electron chi connectivity index (χ3n) is 1.84. The van der Waals surface area contributed by atoms with E-state index in [0.717, 1.165) is 12.1 Å². The van der Waals surface area contributed by atoms with Crippen molar-refractivity contribution >= 4 is 5.97 Å². The minimum Gasteiger partial charge on any atom is -0.477 e. The molecule has 0 saturated heterocycles. The molecule has 90 valence electrons. The van der Waals surface area contributed by atoms with Gasteiger partial charge in [0, 0.05) is 11.0 Å². The van der Waals surface area contributed by atoms with Gasteiger partial charge in [0.25, 0.3) is 0 Å². The molecule has 0 bridgehead atoms. The van der Waals surface area contributed by atoms with Crippen LogP contribution >= 0.6 is 0 Å². The van der Waals surface area contributed by atoms with Crippen LogP contribution in [0.2, 0.25) is 0 Å². The Morgan fingerprint density at radius 1 is 1.24 bits per heavy atom. The molecule has 0 aromatic heterocycles. The summed E-state index contributed by atoms with van der Waals surface area (Å²) in [7, 11) is 0. The molecule has 0 radical (unpaired) electrons. The average molecular weight is 238 g/mol. The Morgan fingerprint density at radius 2 is 1.71 bits per heavy atom. The van der Waals surface area contributed by atoms with E-state index in [1.165, 1.54) is 0 Å². The predicted molar refractivity (Wildman–Crippen MR) is 59.7 cm³/mol. The molecule has 0 aliphatic rings.